The molecule has 1 saturated carbocycles. The summed E-state index contributed by atoms with van der Waals surface area (Å²) in [6, 6.07) is 0. The van der Waals surface area contributed by atoms with E-state index in [-0.39, 0.29) is 16.5 Å². The van der Waals surface area contributed by atoms with Gasteiger partial charge in [0.15, 0.2) is 0 Å². The molecule has 0 bridgehead atoms. The van der Waals surface area contributed by atoms with Crippen LogP contribution in [0.15, 0.2) is 0 Å². The molecule has 0 unspecified atom stereocenters. The number of carbonyl (C=O) groups is 1. The Hall–Kier alpha value is 0.250. The molecule has 1 fully saturated rings. The summed E-state index contributed by atoms with van der Waals surface area (Å²) in [7, 11) is 0. The first-order valence-electron chi connectivity index (χ1n) is 2.50. The van der Waals surface area contributed by atoms with Crippen molar-refractivity contribution < 1.29 is 4.79 Å². The van der Waals surface area contributed by atoms with Crippen LogP contribution in [-0.2, 0) is 4.79 Å². The maximum atomic E-state index is 10.5. The standard InChI is InChI=1S/C5H6Cl2O/c6-4-1-3(8)2-5(4)7/h4-5H,1-2H2/t4-,5-/m0/s1. The SMILES string of the molecule is O=C1C[C@H](Cl)[C@@H](Cl)C1. The molecule has 0 saturated heterocycles. The van der Waals surface area contributed by atoms with Gasteiger partial charge in [-0.05, 0) is 0 Å². The first kappa shape index (κ1) is 6.37. The third-order valence-corrected chi connectivity index (χ3v) is 2.28. The number of ketones is 1. The smallest absolute Gasteiger partial charge is 0.135 e. The predicted octanol–water partition coefficient (Wildman–Crippen LogP) is 1.56. The van der Waals surface area contributed by atoms with Gasteiger partial charge in [-0.15, -0.1) is 23.2 Å². The molecular weight excluding hydrogens is 147 g/mol. The Bertz CT molecular complexity index is 101. The van der Waals surface area contributed by atoms with E-state index in [2.05, 4.69) is 0 Å². The minimum absolute atomic E-state index is 0.121. The van der Waals surface area contributed by atoms with Crippen LogP contribution in [0.3, 0.4) is 0 Å². The average molecular weight is 153 g/mol. The molecule has 1 aliphatic rings. The van der Waals surface area contributed by atoms with Crippen molar-refractivity contribution in [2.45, 2.75) is 23.6 Å². The lowest BCUT2D eigenvalue weighted by molar-refractivity contribution is -0.117. The molecule has 0 N–H and O–H groups in total. The normalized spacial score (nSPS) is 38.5. The van der Waals surface area contributed by atoms with Crippen molar-refractivity contribution in [1.29, 1.82) is 0 Å². The predicted molar refractivity (Wildman–Crippen MR) is 33.5 cm³/mol. The molecule has 1 rings (SSSR count). The Kier molecular flexibility index (Phi) is 1.78. The van der Waals surface area contributed by atoms with Gasteiger partial charge < -0.3 is 0 Å². The second-order valence-electron chi connectivity index (χ2n) is 1.98. The second kappa shape index (κ2) is 2.24. The maximum Gasteiger partial charge on any atom is 0.135 e. The van der Waals surface area contributed by atoms with Crippen LogP contribution in [0.25, 0.3) is 0 Å². The third kappa shape index (κ3) is 1.15. The molecular formula is C5H6Cl2O. The fourth-order valence-corrected chi connectivity index (χ4v) is 1.30. The molecule has 0 aromatic heterocycles. The number of hydrogen-bond donors (Lipinski definition) is 0. The summed E-state index contributed by atoms with van der Waals surface area (Å²) in [5, 5.41) is -0.242. The second-order valence-corrected chi connectivity index (χ2v) is 3.10. The van der Waals surface area contributed by atoms with Gasteiger partial charge in [0.05, 0.1) is 10.8 Å². The highest BCUT2D eigenvalue weighted by atomic mass is 35.5. The minimum Gasteiger partial charge on any atom is -0.300 e. The molecule has 2 atom stereocenters. The van der Waals surface area contributed by atoms with Crippen molar-refractivity contribution in [2.24, 2.45) is 0 Å². The van der Waals surface area contributed by atoms with Crippen LogP contribution >= 0.6 is 23.2 Å². The Morgan fingerprint density at radius 3 is 1.75 bits per heavy atom. The molecule has 46 valence electrons. The topological polar surface area (TPSA) is 17.1 Å². The summed E-state index contributed by atoms with van der Waals surface area (Å²) < 4.78 is 0. The molecule has 0 aliphatic heterocycles. The zero-order chi connectivity index (χ0) is 6.15. The molecule has 0 aromatic carbocycles. The van der Waals surface area contributed by atoms with E-state index in [1.54, 1.807) is 0 Å². The highest BCUT2D eigenvalue weighted by molar-refractivity contribution is 6.32. The van der Waals surface area contributed by atoms with Crippen LogP contribution in [-0.4, -0.2) is 16.5 Å². The van der Waals surface area contributed by atoms with Gasteiger partial charge in [-0.2, -0.15) is 0 Å². The lowest BCUT2D eigenvalue weighted by atomic mass is 10.4. The number of hydrogen-bond acceptors (Lipinski definition) is 1. The van der Waals surface area contributed by atoms with E-state index in [0.29, 0.717) is 12.8 Å². The molecule has 0 spiro atoms. The van der Waals surface area contributed by atoms with Gasteiger partial charge in [0, 0.05) is 12.8 Å². The Morgan fingerprint density at radius 1 is 1.25 bits per heavy atom. The van der Waals surface area contributed by atoms with E-state index in [4.69, 9.17) is 23.2 Å². The van der Waals surface area contributed by atoms with Crippen LogP contribution in [0.1, 0.15) is 12.8 Å². The summed E-state index contributed by atoms with van der Waals surface area (Å²) in [5.41, 5.74) is 0. The molecule has 3 heteroatoms. The quantitative estimate of drug-likeness (QED) is 0.482. The van der Waals surface area contributed by atoms with E-state index >= 15 is 0 Å². The Labute approximate surface area is 58.0 Å². The Balaban J connectivity index is 2.51. The zero-order valence-electron chi connectivity index (χ0n) is 4.23. The molecule has 8 heavy (non-hydrogen) atoms. The van der Waals surface area contributed by atoms with E-state index in [1.807, 2.05) is 0 Å². The largest absolute Gasteiger partial charge is 0.300 e. The highest BCUT2D eigenvalue weighted by Gasteiger charge is 2.29. The molecule has 1 aliphatic carbocycles. The first-order chi connectivity index (χ1) is 3.70. The zero-order valence-corrected chi connectivity index (χ0v) is 5.74. The monoisotopic (exact) mass is 152 g/mol. The van der Waals surface area contributed by atoms with E-state index in [0.717, 1.165) is 0 Å². The number of carbonyl (C=O) groups excluding carboxylic acids is 1. The first-order valence-corrected chi connectivity index (χ1v) is 3.37. The van der Waals surface area contributed by atoms with E-state index < -0.39 is 0 Å². The van der Waals surface area contributed by atoms with Gasteiger partial charge in [0.1, 0.15) is 5.78 Å². The molecule has 0 radical (unpaired) electrons. The van der Waals surface area contributed by atoms with Crippen molar-refractivity contribution in [2.75, 3.05) is 0 Å². The number of alkyl halides is 2. The summed E-state index contributed by atoms with van der Waals surface area (Å²) in [6.07, 6.45) is 0.908. The fraction of sp³-hybridized carbons (Fsp3) is 0.800. The lowest BCUT2D eigenvalue weighted by Crippen LogP contribution is -2.03. The number of rotatable bonds is 0. The van der Waals surface area contributed by atoms with Crippen molar-refractivity contribution in [3.05, 3.63) is 0 Å². The van der Waals surface area contributed by atoms with Gasteiger partial charge in [-0.3, -0.25) is 4.79 Å². The summed E-state index contributed by atoms with van der Waals surface area (Å²) >= 11 is 11.2. The molecule has 0 amide bonds. The van der Waals surface area contributed by atoms with Crippen molar-refractivity contribution >= 4 is 29.0 Å². The van der Waals surface area contributed by atoms with Crippen molar-refractivity contribution in [3.8, 4) is 0 Å². The van der Waals surface area contributed by atoms with Crippen LogP contribution in [0.2, 0.25) is 0 Å². The van der Waals surface area contributed by atoms with Gasteiger partial charge in [0.25, 0.3) is 0 Å². The van der Waals surface area contributed by atoms with Gasteiger partial charge in [-0.1, -0.05) is 0 Å². The van der Waals surface area contributed by atoms with Gasteiger partial charge >= 0.3 is 0 Å². The fourth-order valence-electron chi connectivity index (χ4n) is 0.774. The van der Waals surface area contributed by atoms with E-state index in [1.165, 1.54) is 0 Å². The van der Waals surface area contributed by atoms with Crippen LogP contribution < -0.4 is 0 Å². The molecule has 0 aromatic rings. The van der Waals surface area contributed by atoms with E-state index in [9.17, 15) is 4.79 Å². The van der Waals surface area contributed by atoms with Crippen molar-refractivity contribution in [3.63, 3.8) is 0 Å². The van der Waals surface area contributed by atoms with Crippen molar-refractivity contribution in [1.82, 2.24) is 0 Å². The lowest BCUT2D eigenvalue weighted by Gasteiger charge is -1.98. The van der Waals surface area contributed by atoms with Gasteiger partial charge in [0.2, 0.25) is 0 Å². The summed E-state index contributed by atoms with van der Waals surface area (Å²) in [6.45, 7) is 0. The number of Topliss-reactive ketones (excluding diaryl/α,β-unsaturated/α-hetero) is 1. The highest BCUT2D eigenvalue weighted by Crippen LogP contribution is 2.25. The maximum absolute atomic E-state index is 10.5. The molecule has 1 nitrogen and oxygen atoms in total. The van der Waals surface area contributed by atoms with Crippen LogP contribution in [0, 0.1) is 0 Å². The number of halogens is 2. The van der Waals surface area contributed by atoms with Crippen LogP contribution in [0.4, 0.5) is 0 Å². The Morgan fingerprint density at radius 2 is 1.62 bits per heavy atom. The average Bonchev–Trinajstić information content (AvgIpc) is 1.85. The minimum atomic E-state index is -0.121. The van der Waals surface area contributed by atoms with Crippen LogP contribution in [0.5, 0.6) is 0 Å². The molecule has 0 heterocycles. The third-order valence-electron chi connectivity index (χ3n) is 1.24. The van der Waals surface area contributed by atoms with Gasteiger partial charge in [-0.25, -0.2) is 0 Å². The summed E-state index contributed by atoms with van der Waals surface area (Å²) in [4.78, 5) is 10.5. The summed E-state index contributed by atoms with van der Waals surface area (Å²) in [5.74, 6) is 0.185.